The number of rotatable bonds is 3. The molecular formula is C13H13N3O. The van der Waals surface area contributed by atoms with Crippen molar-refractivity contribution in [1.82, 2.24) is 5.16 Å². The summed E-state index contributed by atoms with van der Waals surface area (Å²) in [6, 6.07) is 9.67. The fourth-order valence-corrected chi connectivity index (χ4v) is 1.67. The highest BCUT2D eigenvalue weighted by atomic mass is 16.5. The van der Waals surface area contributed by atoms with Crippen LogP contribution in [-0.2, 0) is 6.54 Å². The van der Waals surface area contributed by atoms with Crippen molar-refractivity contribution < 1.29 is 4.52 Å². The van der Waals surface area contributed by atoms with Crippen LogP contribution in [0.1, 0.15) is 22.6 Å². The van der Waals surface area contributed by atoms with E-state index in [1.54, 1.807) is 6.07 Å². The van der Waals surface area contributed by atoms with Crippen LogP contribution in [0.25, 0.3) is 0 Å². The summed E-state index contributed by atoms with van der Waals surface area (Å²) in [6.07, 6.45) is 0. The van der Waals surface area contributed by atoms with Crippen molar-refractivity contribution in [3.8, 4) is 6.07 Å². The largest absolute Gasteiger partial charge is 0.376 e. The van der Waals surface area contributed by atoms with E-state index < -0.39 is 0 Å². The Morgan fingerprint density at radius 1 is 1.41 bits per heavy atom. The van der Waals surface area contributed by atoms with Gasteiger partial charge in [0, 0.05) is 6.07 Å². The number of hydrogen-bond acceptors (Lipinski definition) is 4. The first-order valence-corrected chi connectivity index (χ1v) is 5.36. The molecule has 4 heteroatoms. The smallest absolute Gasteiger partial charge is 0.156 e. The molecule has 0 aliphatic rings. The summed E-state index contributed by atoms with van der Waals surface area (Å²) >= 11 is 0. The molecule has 0 atom stereocenters. The van der Waals surface area contributed by atoms with Gasteiger partial charge in [-0.3, -0.25) is 0 Å². The van der Waals surface area contributed by atoms with E-state index in [1.165, 1.54) is 0 Å². The zero-order chi connectivity index (χ0) is 12.3. The average molecular weight is 227 g/mol. The highest BCUT2D eigenvalue weighted by molar-refractivity contribution is 5.62. The summed E-state index contributed by atoms with van der Waals surface area (Å²) < 4.78 is 5.10. The first-order chi connectivity index (χ1) is 8.20. The second-order valence-corrected chi connectivity index (χ2v) is 3.90. The predicted molar refractivity (Wildman–Crippen MR) is 64.5 cm³/mol. The topological polar surface area (TPSA) is 61.9 Å². The molecule has 0 aliphatic heterocycles. The van der Waals surface area contributed by atoms with Crippen LogP contribution in [0.5, 0.6) is 0 Å². The third-order valence-electron chi connectivity index (χ3n) is 2.51. The maximum absolute atomic E-state index is 9.02. The van der Waals surface area contributed by atoms with E-state index in [0.29, 0.717) is 12.1 Å². The maximum Gasteiger partial charge on any atom is 0.156 e. The number of aromatic nitrogens is 1. The molecule has 0 aliphatic carbocycles. The monoisotopic (exact) mass is 227 g/mol. The fourth-order valence-electron chi connectivity index (χ4n) is 1.67. The third-order valence-corrected chi connectivity index (χ3v) is 2.51. The first kappa shape index (κ1) is 11.2. The van der Waals surface area contributed by atoms with Crippen LogP contribution < -0.4 is 5.32 Å². The molecule has 1 aromatic heterocycles. The fraction of sp³-hybridized carbons (Fsp3) is 0.231. The zero-order valence-electron chi connectivity index (χ0n) is 9.82. The van der Waals surface area contributed by atoms with Crippen molar-refractivity contribution in [3.05, 3.63) is 46.8 Å². The number of nitriles is 1. The van der Waals surface area contributed by atoms with Crippen molar-refractivity contribution in [3.63, 3.8) is 0 Å². The van der Waals surface area contributed by atoms with E-state index in [2.05, 4.69) is 16.5 Å². The second kappa shape index (κ2) is 4.71. The van der Waals surface area contributed by atoms with Crippen molar-refractivity contribution in [2.75, 3.05) is 5.32 Å². The van der Waals surface area contributed by atoms with Gasteiger partial charge in [-0.2, -0.15) is 5.26 Å². The molecule has 0 bridgehead atoms. The minimum atomic E-state index is 0.528. The van der Waals surface area contributed by atoms with Gasteiger partial charge in [-0.15, -0.1) is 0 Å². The van der Waals surface area contributed by atoms with Crippen LogP contribution in [0.2, 0.25) is 0 Å². The molecule has 0 saturated heterocycles. The van der Waals surface area contributed by atoms with Crippen LogP contribution in [0.3, 0.4) is 0 Å². The Hall–Kier alpha value is -2.28. The lowest BCUT2D eigenvalue weighted by Gasteiger charge is -2.09. The quantitative estimate of drug-likeness (QED) is 0.875. The van der Waals surface area contributed by atoms with E-state index in [-0.39, 0.29) is 0 Å². The Balaban J connectivity index is 2.17. The summed E-state index contributed by atoms with van der Waals surface area (Å²) in [4.78, 5) is 0. The molecule has 17 heavy (non-hydrogen) atoms. The molecular weight excluding hydrogens is 214 g/mol. The second-order valence-electron chi connectivity index (χ2n) is 3.90. The lowest BCUT2D eigenvalue weighted by molar-refractivity contribution is 0.384. The van der Waals surface area contributed by atoms with E-state index in [4.69, 9.17) is 9.78 Å². The summed E-state index contributed by atoms with van der Waals surface area (Å²) in [7, 11) is 0. The third kappa shape index (κ3) is 2.45. The minimum absolute atomic E-state index is 0.528. The Morgan fingerprint density at radius 2 is 2.24 bits per heavy atom. The van der Waals surface area contributed by atoms with Gasteiger partial charge in [-0.1, -0.05) is 17.3 Å². The highest BCUT2D eigenvalue weighted by Crippen LogP contribution is 2.20. The molecule has 0 amide bonds. The van der Waals surface area contributed by atoms with Gasteiger partial charge < -0.3 is 9.84 Å². The molecule has 4 nitrogen and oxygen atoms in total. The van der Waals surface area contributed by atoms with Crippen molar-refractivity contribution in [2.24, 2.45) is 0 Å². The van der Waals surface area contributed by atoms with Gasteiger partial charge in [0.2, 0.25) is 0 Å². The predicted octanol–water partition coefficient (Wildman–Crippen LogP) is 2.78. The van der Waals surface area contributed by atoms with Gasteiger partial charge in [0.15, 0.2) is 5.76 Å². The molecule has 86 valence electrons. The van der Waals surface area contributed by atoms with Gasteiger partial charge in [0.05, 0.1) is 23.5 Å². The van der Waals surface area contributed by atoms with Gasteiger partial charge in [-0.05, 0) is 25.5 Å². The molecule has 0 fully saturated rings. The molecule has 1 aromatic carbocycles. The summed E-state index contributed by atoms with van der Waals surface area (Å²) in [5.74, 6) is 0.759. The van der Waals surface area contributed by atoms with E-state index >= 15 is 0 Å². The van der Waals surface area contributed by atoms with Crippen molar-refractivity contribution >= 4 is 5.69 Å². The van der Waals surface area contributed by atoms with Crippen LogP contribution in [0.4, 0.5) is 5.69 Å². The minimum Gasteiger partial charge on any atom is -0.376 e. The molecule has 0 saturated carbocycles. The molecule has 2 aromatic rings. The number of aryl methyl sites for hydroxylation is 2. The number of anilines is 1. The normalized spacial score (nSPS) is 9.94. The lowest BCUT2D eigenvalue weighted by Crippen LogP contribution is -2.02. The average Bonchev–Trinajstić information content (AvgIpc) is 2.73. The maximum atomic E-state index is 9.02. The Bertz CT molecular complexity index is 566. The van der Waals surface area contributed by atoms with Gasteiger partial charge in [-0.25, -0.2) is 0 Å². The van der Waals surface area contributed by atoms with E-state index in [0.717, 1.165) is 22.7 Å². The van der Waals surface area contributed by atoms with Gasteiger partial charge in [0.1, 0.15) is 6.07 Å². The number of benzene rings is 1. The summed E-state index contributed by atoms with van der Waals surface area (Å²) in [5.41, 5.74) is 3.39. The van der Waals surface area contributed by atoms with Gasteiger partial charge in [0.25, 0.3) is 0 Å². The SMILES string of the molecule is Cc1cc(CNc2c(C)cccc2C#N)on1. The number of para-hydroxylation sites is 1. The zero-order valence-corrected chi connectivity index (χ0v) is 9.82. The lowest BCUT2D eigenvalue weighted by atomic mass is 10.1. The van der Waals surface area contributed by atoms with Crippen molar-refractivity contribution in [2.45, 2.75) is 20.4 Å². The molecule has 1 heterocycles. The molecule has 0 spiro atoms. The van der Waals surface area contributed by atoms with Gasteiger partial charge >= 0.3 is 0 Å². The van der Waals surface area contributed by atoms with Crippen molar-refractivity contribution in [1.29, 1.82) is 5.26 Å². The molecule has 0 radical (unpaired) electrons. The Kier molecular flexibility index (Phi) is 3.10. The number of nitrogens with one attached hydrogen (secondary N) is 1. The number of nitrogens with zero attached hydrogens (tertiary/aromatic N) is 2. The Morgan fingerprint density at radius 3 is 2.88 bits per heavy atom. The molecule has 1 N–H and O–H groups in total. The van der Waals surface area contributed by atoms with Crippen LogP contribution >= 0.6 is 0 Å². The molecule has 0 unspecified atom stereocenters. The number of hydrogen-bond donors (Lipinski definition) is 1. The summed E-state index contributed by atoms with van der Waals surface area (Å²) in [5, 5.41) is 16.0. The molecule has 2 rings (SSSR count). The van der Waals surface area contributed by atoms with Crippen LogP contribution in [0.15, 0.2) is 28.8 Å². The first-order valence-electron chi connectivity index (χ1n) is 5.36. The summed E-state index contributed by atoms with van der Waals surface area (Å²) in [6.45, 7) is 4.37. The van der Waals surface area contributed by atoms with E-state index in [9.17, 15) is 0 Å². The van der Waals surface area contributed by atoms with Crippen LogP contribution in [-0.4, -0.2) is 5.16 Å². The van der Waals surface area contributed by atoms with E-state index in [1.807, 2.05) is 32.0 Å². The highest BCUT2D eigenvalue weighted by Gasteiger charge is 2.06. The van der Waals surface area contributed by atoms with Crippen LogP contribution in [0, 0.1) is 25.2 Å². The standard InChI is InChI=1S/C13H13N3O/c1-9-4-3-5-11(7-14)13(9)15-8-12-6-10(2)16-17-12/h3-6,15H,8H2,1-2H3. The Labute approximate surface area is 99.9 Å².